The van der Waals surface area contributed by atoms with Gasteiger partial charge in [-0.05, 0) is 33.0 Å². The van der Waals surface area contributed by atoms with Crippen LogP contribution in [0.2, 0.25) is 0 Å². The predicted octanol–water partition coefficient (Wildman–Crippen LogP) is 1.64. The Kier molecular flexibility index (Phi) is 3.61. The number of hydrogen-bond donors (Lipinski definition) is 2. The van der Waals surface area contributed by atoms with E-state index >= 15 is 0 Å². The first-order chi connectivity index (χ1) is 6.58. The Balaban J connectivity index is 2.86. The second-order valence-corrected chi connectivity index (χ2v) is 3.61. The third-order valence-corrected chi connectivity index (χ3v) is 2.32. The SMILES string of the molecule is CNCCC(C)(O)c1ccccc1F. The highest BCUT2D eigenvalue weighted by atomic mass is 19.1. The Morgan fingerprint density at radius 2 is 2.07 bits per heavy atom. The normalized spacial score (nSPS) is 15.1. The molecule has 78 valence electrons. The minimum atomic E-state index is -1.10. The summed E-state index contributed by atoms with van der Waals surface area (Å²) in [6.07, 6.45) is 0.491. The summed E-state index contributed by atoms with van der Waals surface area (Å²) in [6.45, 7) is 2.28. The first-order valence-corrected chi connectivity index (χ1v) is 4.70. The summed E-state index contributed by atoms with van der Waals surface area (Å²) in [7, 11) is 1.80. The maximum atomic E-state index is 13.3. The van der Waals surface area contributed by atoms with Gasteiger partial charge in [0.05, 0.1) is 5.60 Å². The van der Waals surface area contributed by atoms with Crippen molar-refractivity contribution in [1.82, 2.24) is 5.32 Å². The number of hydrogen-bond acceptors (Lipinski definition) is 2. The Morgan fingerprint density at radius 1 is 1.43 bits per heavy atom. The summed E-state index contributed by atoms with van der Waals surface area (Å²) in [5, 5.41) is 12.9. The largest absolute Gasteiger partial charge is 0.385 e. The molecule has 1 aromatic rings. The molecule has 0 aliphatic carbocycles. The van der Waals surface area contributed by atoms with Crippen molar-refractivity contribution in [3.63, 3.8) is 0 Å². The van der Waals surface area contributed by atoms with Crippen molar-refractivity contribution in [1.29, 1.82) is 0 Å². The zero-order chi connectivity index (χ0) is 10.6. The monoisotopic (exact) mass is 197 g/mol. The van der Waals surface area contributed by atoms with Crippen LogP contribution in [0.25, 0.3) is 0 Å². The van der Waals surface area contributed by atoms with E-state index in [0.29, 0.717) is 18.5 Å². The molecule has 0 heterocycles. The molecule has 1 unspecified atom stereocenters. The van der Waals surface area contributed by atoms with Crippen LogP contribution < -0.4 is 5.32 Å². The number of aliphatic hydroxyl groups is 1. The topological polar surface area (TPSA) is 32.3 Å². The van der Waals surface area contributed by atoms with Gasteiger partial charge in [0.15, 0.2) is 0 Å². The van der Waals surface area contributed by atoms with Gasteiger partial charge in [-0.15, -0.1) is 0 Å². The van der Waals surface area contributed by atoms with Gasteiger partial charge in [0.1, 0.15) is 5.82 Å². The Hall–Kier alpha value is -0.930. The summed E-state index contributed by atoms with van der Waals surface area (Å²) < 4.78 is 13.3. The van der Waals surface area contributed by atoms with E-state index in [1.54, 1.807) is 32.2 Å². The van der Waals surface area contributed by atoms with Crippen LogP contribution in [0.3, 0.4) is 0 Å². The molecule has 0 saturated carbocycles. The second-order valence-electron chi connectivity index (χ2n) is 3.61. The first kappa shape index (κ1) is 11.1. The molecule has 0 aromatic heterocycles. The van der Waals surface area contributed by atoms with Crippen LogP contribution in [0.1, 0.15) is 18.9 Å². The quantitative estimate of drug-likeness (QED) is 0.769. The van der Waals surface area contributed by atoms with E-state index in [4.69, 9.17) is 0 Å². The van der Waals surface area contributed by atoms with Gasteiger partial charge < -0.3 is 10.4 Å². The number of halogens is 1. The Morgan fingerprint density at radius 3 is 2.64 bits per heavy atom. The molecule has 0 fully saturated rings. The molecule has 0 amide bonds. The molecule has 14 heavy (non-hydrogen) atoms. The van der Waals surface area contributed by atoms with Crippen molar-refractivity contribution in [2.75, 3.05) is 13.6 Å². The molecule has 1 aromatic carbocycles. The highest BCUT2D eigenvalue weighted by Crippen LogP contribution is 2.25. The summed E-state index contributed by atoms with van der Waals surface area (Å²) in [5.41, 5.74) is -0.746. The van der Waals surface area contributed by atoms with Gasteiger partial charge in [0.2, 0.25) is 0 Å². The van der Waals surface area contributed by atoms with E-state index in [1.165, 1.54) is 6.07 Å². The van der Waals surface area contributed by atoms with E-state index in [2.05, 4.69) is 5.32 Å². The molecule has 2 nitrogen and oxygen atoms in total. The molecular weight excluding hydrogens is 181 g/mol. The number of benzene rings is 1. The number of nitrogens with one attached hydrogen (secondary N) is 1. The fourth-order valence-corrected chi connectivity index (χ4v) is 1.40. The number of rotatable bonds is 4. The molecule has 1 atom stereocenters. The lowest BCUT2D eigenvalue weighted by Crippen LogP contribution is -2.27. The van der Waals surface area contributed by atoms with Crippen LogP contribution >= 0.6 is 0 Å². The minimum absolute atomic E-state index is 0.353. The standard InChI is InChI=1S/C11H16FNO/c1-11(14,7-8-13-2)9-5-3-4-6-10(9)12/h3-6,13-14H,7-8H2,1-2H3. The van der Waals surface area contributed by atoms with Gasteiger partial charge in [-0.2, -0.15) is 0 Å². The third kappa shape index (κ3) is 2.53. The lowest BCUT2D eigenvalue weighted by molar-refractivity contribution is 0.0448. The molecule has 0 aliphatic rings. The van der Waals surface area contributed by atoms with E-state index in [9.17, 15) is 9.50 Å². The van der Waals surface area contributed by atoms with E-state index < -0.39 is 5.60 Å². The molecule has 3 heteroatoms. The van der Waals surface area contributed by atoms with E-state index in [1.807, 2.05) is 0 Å². The highest BCUT2D eigenvalue weighted by molar-refractivity contribution is 5.23. The van der Waals surface area contributed by atoms with Crippen LogP contribution in [0, 0.1) is 5.82 Å². The first-order valence-electron chi connectivity index (χ1n) is 4.70. The summed E-state index contributed by atoms with van der Waals surface area (Å²) in [5.74, 6) is -0.353. The fourth-order valence-electron chi connectivity index (χ4n) is 1.40. The van der Waals surface area contributed by atoms with E-state index in [-0.39, 0.29) is 5.82 Å². The van der Waals surface area contributed by atoms with Crippen molar-refractivity contribution in [2.45, 2.75) is 18.9 Å². The van der Waals surface area contributed by atoms with Gasteiger partial charge >= 0.3 is 0 Å². The Labute approximate surface area is 83.8 Å². The maximum Gasteiger partial charge on any atom is 0.129 e. The molecule has 0 spiro atoms. The minimum Gasteiger partial charge on any atom is -0.385 e. The van der Waals surface area contributed by atoms with Crippen LogP contribution in [0.4, 0.5) is 4.39 Å². The van der Waals surface area contributed by atoms with Crippen LogP contribution in [-0.2, 0) is 5.60 Å². The van der Waals surface area contributed by atoms with Crippen LogP contribution in [-0.4, -0.2) is 18.7 Å². The fraction of sp³-hybridized carbons (Fsp3) is 0.455. The summed E-state index contributed by atoms with van der Waals surface area (Å²) in [4.78, 5) is 0. The zero-order valence-corrected chi connectivity index (χ0v) is 8.55. The van der Waals surface area contributed by atoms with Crippen molar-refractivity contribution >= 4 is 0 Å². The smallest absolute Gasteiger partial charge is 0.129 e. The average molecular weight is 197 g/mol. The van der Waals surface area contributed by atoms with E-state index in [0.717, 1.165) is 0 Å². The zero-order valence-electron chi connectivity index (χ0n) is 8.55. The highest BCUT2D eigenvalue weighted by Gasteiger charge is 2.25. The van der Waals surface area contributed by atoms with Crippen molar-refractivity contribution in [3.8, 4) is 0 Å². The lowest BCUT2D eigenvalue weighted by Gasteiger charge is -2.24. The molecule has 1 rings (SSSR count). The van der Waals surface area contributed by atoms with Gasteiger partial charge in [-0.1, -0.05) is 18.2 Å². The summed E-state index contributed by atoms with van der Waals surface area (Å²) in [6, 6.07) is 6.33. The second kappa shape index (κ2) is 4.53. The maximum absolute atomic E-state index is 13.3. The van der Waals surface area contributed by atoms with Crippen LogP contribution in [0.15, 0.2) is 24.3 Å². The lowest BCUT2D eigenvalue weighted by atomic mass is 9.92. The van der Waals surface area contributed by atoms with Crippen molar-refractivity contribution in [2.24, 2.45) is 0 Å². The van der Waals surface area contributed by atoms with Crippen LogP contribution in [0.5, 0.6) is 0 Å². The van der Waals surface area contributed by atoms with Gasteiger partial charge in [-0.25, -0.2) is 4.39 Å². The third-order valence-electron chi connectivity index (χ3n) is 2.32. The van der Waals surface area contributed by atoms with Gasteiger partial charge in [0, 0.05) is 5.56 Å². The molecule has 0 bridgehead atoms. The summed E-state index contributed by atoms with van der Waals surface area (Å²) >= 11 is 0. The molecule has 0 aliphatic heterocycles. The van der Waals surface area contributed by atoms with Crippen molar-refractivity contribution < 1.29 is 9.50 Å². The predicted molar refractivity (Wildman–Crippen MR) is 54.5 cm³/mol. The Bertz CT molecular complexity index is 299. The molecule has 2 N–H and O–H groups in total. The van der Waals surface area contributed by atoms with Gasteiger partial charge in [0.25, 0.3) is 0 Å². The van der Waals surface area contributed by atoms with Gasteiger partial charge in [-0.3, -0.25) is 0 Å². The average Bonchev–Trinajstić information content (AvgIpc) is 2.15. The molecular formula is C11H16FNO. The molecule has 0 radical (unpaired) electrons. The van der Waals surface area contributed by atoms with Crippen molar-refractivity contribution in [3.05, 3.63) is 35.6 Å². The molecule has 0 saturated heterocycles.